The highest BCUT2D eigenvalue weighted by atomic mass is 16.6. The molecule has 2 amide bonds. The van der Waals surface area contributed by atoms with Crippen molar-refractivity contribution in [2.75, 3.05) is 13.2 Å². The van der Waals surface area contributed by atoms with Gasteiger partial charge >= 0.3 is 6.09 Å². The Morgan fingerprint density at radius 1 is 1.10 bits per heavy atom. The number of benzene rings is 1. The highest BCUT2D eigenvalue weighted by Crippen LogP contribution is 2.19. The van der Waals surface area contributed by atoms with Crippen molar-refractivity contribution in [3.63, 3.8) is 0 Å². The maximum atomic E-state index is 11.6. The van der Waals surface area contributed by atoms with Crippen molar-refractivity contribution < 1.29 is 19.1 Å². The Morgan fingerprint density at radius 2 is 1.85 bits per heavy atom. The molecule has 0 aliphatic carbocycles. The van der Waals surface area contributed by atoms with E-state index < -0.39 is 6.09 Å². The van der Waals surface area contributed by atoms with Gasteiger partial charge in [-0.1, -0.05) is 18.2 Å². The maximum absolute atomic E-state index is 11.6. The summed E-state index contributed by atoms with van der Waals surface area (Å²) in [5.41, 5.74) is 5.41. The number of hydrogen-bond acceptors (Lipinski definition) is 4. The summed E-state index contributed by atoms with van der Waals surface area (Å²) in [6.07, 6.45) is 0.110. The van der Waals surface area contributed by atoms with E-state index in [1.807, 2.05) is 31.2 Å². The van der Waals surface area contributed by atoms with Crippen LogP contribution in [0.5, 0.6) is 5.75 Å². The number of rotatable bonds is 6. The lowest BCUT2D eigenvalue weighted by Crippen LogP contribution is -2.42. The summed E-state index contributed by atoms with van der Waals surface area (Å²) in [6, 6.07) is 7.56. The molecular weight excluding hydrogens is 260 g/mol. The fourth-order valence-electron chi connectivity index (χ4n) is 1.61. The molecule has 1 aromatic rings. The summed E-state index contributed by atoms with van der Waals surface area (Å²) < 4.78 is 10.1. The van der Waals surface area contributed by atoms with E-state index in [4.69, 9.17) is 4.74 Å². The van der Waals surface area contributed by atoms with Crippen molar-refractivity contribution in [1.82, 2.24) is 10.9 Å². The second-order valence-corrected chi connectivity index (χ2v) is 3.93. The van der Waals surface area contributed by atoms with Gasteiger partial charge in [-0.15, -0.1) is 0 Å². The van der Waals surface area contributed by atoms with Gasteiger partial charge in [-0.2, -0.15) is 0 Å². The Balaban J connectivity index is 2.39. The van der Waals surface area contributed by atoms with Crippen LogP contribution in [0.4, 0.5) is 4.79 Å². The lowest BCUT2D eigenvalue weighted by molar-refractivity contribution is -0.121. The Hall–Kier alpha value is -2.24. The van der Waals surface area contributed by atoms with Crippen LogP contribution in [0.3, 0.4) is 0 Å². The first-order valence-corrected chi connectivity index (χ1v) is 6.59. The second-order valence-electron chi connectivity index (χ2n) is 3.93. The normalized spacial score (nSPS) is 9.70. The largest absolute Gasteiger partial charge is 0.494 e. The number of hydrogen-bond donors (Lipinski definition) is 2. The zero-order valence-electron chi connectivity index (χ0n) is 11.8. The van der Waals surface area contributed by atoms with Gasteiger partial charge in [0.05, 0.1) is 13.2 Å². The molecule has 0 saturated carbocycles. The Bertz CT molecular complexity index is 449. The third-order valence-electron chi connectivity index (χ3n) is 2.47. The third kappa shape index (κ3) is 5.60. The number of nitrogens with one attached hydrogen (secondary N) is 2. The highest BCUT2D eigenvalue weighted by molar-refractivity contribution is 5.79. The van der Waals surface area contributed by atoms with E-state index in [1.54, 1.807) is 6.92 Å². The van der Waals surface area contributed by atoms with Crippen molar-refractivity contribution in [3.8, 4) is 5.75 Å². The molecular formula is C14H20N2O4. The number of carbonyl (C=O) groups is 2. The highest BCUT2D eigenvalue weighted by Gasteiger charge is 2.07. The molecule has 1 aromatic carbocycles. The average molecular weight is 280 g/mol. The molecule has 6 heteroatoms. The molecule has 0 bridgehead atoms. The fourth-order valence-corrected chi connectivity index (χ4v) is 1.61. The first-order chi connectivity index (χ1) is 9.67. The summed E-state index contributed by atoms with van der Waals surface area (Å²) in [5.74, 6) is 0.491. The van der Waals surface area contributed by atoms with Gasteiger partial charge in [-0.25, -0.2) is 10.2 Å². The lowest BCUT2D eigenvalue weighted by atomic mass is 10.1. The molecule has 0 aliphatic rings. The van der Waals surface area contributed by atoms with Crippen LogP contribution in [0.2, 0.25) is 0 Å². The summed E-state index contributed by atoms with van der Waals surface area (Å²) in [7, 11) is 0. The molecule has 0 unspecified atom stereocenters. The van der Waals surface area contributed by atoms with E-state index in [0.29, 0.717) is 13.0 Å². The standard InChI is InChI=1S/C14H20N2O4/c1-3-19-12-8-6-5-7-11(12)9-10-13(17)15-16-14(18)20-4-2/h5-8H,3-4,9-10H2,1-2H3,(H,15,17)(H,16,18). The number of hydrazine groups is 1. The van der Waals surface area contributed by atoms with Crippen LogP contribution in [0.25, 0.3) is 0 Å². The van der Waals surface area contributed by atoms with Gasteiger partial charge in [0.15, 0.2) is 0 Å². The van der Waals surface area contributed by atoms with Gasteiger partial charge in [-0.05, 0) is 31.9 Å². The van der Waals surface area contributed by atoms with Crippen LogP contribution in [-0.4, -0.2) is 25.2 Å². The molecule has 0 heterocycles. The van der Waals surface area contributed by atoms with Crippen LogP contribution in [0.15, 0.2) is 24.3 Å². The number of amides is 2. The molecule has 6 nitrogen and oxygen atoms in total. The number of ether oxygens (including phenoxy) is 2. The first-order valence-electron chi connectivity index (χ1n) is 6.59. The predicted molar refractivity (Wildman–Crippen MR) is 74.2 cm³/mol. The molecule has 2 N–H and O–H groups in total. The number of aryl methyl sites for hydroxylation is 1. The second kappa shape index (κ2) is 8.79. The minimum atomic E-state index is -0.671. The summed E-state index contributed by atoms with van der Waals surface area (Å²) in [4.78, 5) is 22.6. The zero-order chi connectivity index (χ0) is 14.8. The Labute approximate surface area is 118 Å². The number of para-hydroxylation sites is 1. The molecule has 1 rings (SSSR count). The maximum Gasteiger partial charge on any atom is 0.426 e. The van der Waals surface area contributed by atoms with Gasteiger partial charge in [0.2, 0.25) is 5.91 Å². The van der Waals surface area contributed by atoms with Crippen LogP contribution in [-0.2, 0) is 16.0 Å². The van der Waals surface area contributed by atoms with Crippen LogP contribution in [0.1, 0.15) is 25.8 Å². The molecule has 20 heavy (non-hydrogen) atoms. The van der Waals surface area contributed by atoms with Crippen molar-refractivity contribution in [3.05, 3.63) is 29.8 Å². The SMILES string of the molecule is CCOC(=O)NNC(=O)CCc1ccccc1OCC. The van der Waals surface area contributed by atoms with Crippen molar-refractivity contribution in [2.24, 2.45) is 0 Å². The fraction of sp³-hybridized carbons (Fsp3) is 0.429. The van der Waals surface area contributed by atoms with E-state index in [0.717, 1.165) is 11.3 Å². The molecule has 0 spiro atoms. The molecule has 0 atom stereocenters. The minimum Gasteiger partial charge on any atom is -0.494 e. The van der Waals surface area contributed by atoms with E-state index >= 15 is 0 Å². The first kappa shape index (κ1) is 15.8. The van der Waals surface area contributed by atoms with Crippen LogP contribution in [0, 0.1) is 0 Å². The summed E-state index contributed by atoms with van der Waals surface area (Å²) >= 11 is 0. The average Bonchev–Trinajstić information content (AvgIpc) is 2.45. The van der Waals surface area contributed by atoms with E-state index in [2.05, 4.69) is 15.6 Å². The van der Waals surface area contributed by atoms with E-state index in [-0.39, 0.29) is 18.9 Å². The van der Waals surface area contributed by atoms with Gasteiger partial charge < -0.3 is 9.47 Å². The molecule has 0 radical (unpaired) electrons. The quantitative estimate of drug-likeness (QED) is 0.779. The summed E-state index contributed by atoms with van der Waals surface area (Å²) in [5, 5.41) is 0. The zero-order valence-corrected chi connectivity index (χ0v) is 11.8. The molecule has 0 aliphatic heterocycles. The van der Waals surface area contributed by atoms with Gasteiger partial charge in [0, 0.05) is 6.42 Å². The monoisotopic (exact) mass is 280 g/mol. The molecule has 0 fully saturated rings. The van der Waals surface area contributed by atoms with E-state index in [1.165, 1.54) is 0 Å². The summed E-state index contributed by atoms with van der Waals surface area (Å²) in [6.45, 7) is 4.43. The lowest BCUT2D eigenvalue weighted by Gasteiger charge is -2.10. The Kier molecular flexibility index (Phi) is 6.95. The van der Waals surface area contributed by atoms with Crippen LogP contribution >= 0.6 is 0 Å². The minimum absolute atomic E-state index is 0.247. The van der Waals surface area contributed by atoms with Crippen molar-refractivity contribution in [1.29, 1.82) is 0 Å². The Morgan fingerprint density at radius 3 is 2.55 bits per heavy atom. The smallest absolute Gasteiger partial charge is 0.426 e. The molecule has 110 valence electrons. The van der Waals surface area contributed by atoms with Gasteiger partial charge in [-0.3, -0.25) is 10.2 Å². The van der Waals surface area contributed by atoms with E-state index in [9.17, 15) is 9.59 Å². The van der Waals surface area contributed by atoms with Gasteiger partial charge in [0.25, 0.3) is 0 Å². The van der Waals surface area contributed by atoms with Crippen molar-refractivity contribution in [2.45, 2.75) is 26.7 Å². The third-order valence-corrected chi connectivity index (χ3v) is 2.47. The van der Waals surface area contributed by atoms with Crippen molar-refractivity contribution >= 4 is 12.0 Å². The number of carbonyl (C=O) groups excluding carboxylic acids is 2. The topological polar surface area (TPSA) is 76.7 Å². The predicted octanol–water partition coefficient (Wildman–Crippen LogP) is 1.80. The van der Waals surface area contributed by atoms with Crippen LogP contribution < -0.4 is 15.6 Å². The molecule has 0 saturated heterocycles. The van der Waals surface area contributed by atoms with Gasteiger partial charge in [0.1, 0.15) is 5.75 Å². The molecule has 0 aromatic heterocycles.